The van der Waals surface area contributed by atoms with E-state index >= 15 is 0 Å². The van der Waals surface area contributed by atoms with Crippen molar-refractivity contribution in [1.29, 1.82) is 0 Å². The van der Waals surface area contributed by atoms with Crippen molar-refractivity contribution in [3.05, 3.63) is 11.8 Å². The van der Waals surface area contributed by atoms with Crippen LogP contribution in [0.5, 0.6) is 0 Å². The Bertz CT molecular complexity index is 70.6. The van der Waals surface area contributed by atoms with Crippen molar-refractivity contribution in [2.24, 2.45) is 0 Å². The molecule has 0 rings (SSSR count). The monoisotopic (exact) mass is 118 g/mol. The van der Waals surface area contributed by atoms with E-state index in [4.69, 9.17) is 0 Å². The second-order valence-corrected chi connectivity index (χ2v) is 5.53. The summed E-state index contributed by atoms with van der Waals surface area (Å²) in [6.45, 7) is 5.16. The summed E-state index contributed by atoms with van der Waals surface area (Å²) in [6.07, 6.45) is 1.77. The molecule has 0 saturated heterocycles. The highest BCUT2D eigenvalue weighted by atomic mass is 28.4. The van der Waals surface area contributed by atoms with Crippen molar-refractivity contribution in [3.8, 4) is 0 Å². The predicted molar refractivity (Wildman–Crippen MR) is 33.4 cm³/mol. The molecule has 0 fully saturated rings. The van der Waals surface area contributed by atoms with Gasteiger partial charge < -0.3 is 4.11 Å². The van der Waals surface area contributed by atoms with Crippen LogP contribution in [-0.2, 0) is 0 Å². The molecule has 0 aromatic heterocycles. The predicted octanol–water partition coefficient (Wildman–Crippen LogP) is 2.28. The van der Waals surface area contributed by atoms with Gasteiger partial charge in [-0.15, -0.1) is 0 Å². The summed E-state index contributed by atoms with van der Waals surface area (Å²) in [5.41, 5.74) is 1.66. The van der Waals surface area contributed by atoms with E-state index in [0.717, 1.165) is 0 Å². The van der Waals surface area contributed by atoms with Gasteiger partial charge in [0.05, 0.1) is 0 Å². The van der Waals surface area contributed by atoms with E-state index < -0.39 is 8.41 Å². The fourth-order valence-electron chi connectivity index (χ4n) is 0.396. The molecule has 0 aliphatic heterocycles. The molecule has 7 heavy (non-hydrogen) atoms. The second-order valence-electron chi connectivity index (χ2n) is 2.06. The van der Waals surface area contributed by atoms with Crippen molar-refractivity contribution < 1.29 is 4.11 Å². The molecule has 0 aliphatic rings. The van der Waals surface area contributed by atoms with Crippen molar-refractivity contribution in [3.63, 3.8) is 0 Å². The maximum absolute atomic E-state index is 12.4. The lowest BCUT2D eigenvalue weighted by molar-refractivity contribution is 0.820. The fraction of sp³-hybridized carbons (Fsp3) is 0.600. The molecule has 0 N–H and O–H groups in total. The summed E-state index contributed by atoms with van der Waals surface area (Å²) in [7, 11) is -2.34. The zero-order valence-corrected chi connectivity index (χ0v) is 6.03. The van der Waals surface area contributed by atoms with Crippen LogP contribution in [0.1, 0.15) is 6.92 Å². The molecule has 0 saturated carbocycles. The first-order chi connectivity index (χ1) is 3.06. The van der Waals surface area contributed by atoms with Crippen LogP contribution >= 0.6 is 0 Å². The summed E-state index contributed by atoms with van der Waals surface area (Å²) in [4.78, 5) is 0. The Balaban J connectivity index is 3.56. The molecule has 0 aliphatic carbocycles. The van der Waals surface area contributed by atoms with Gasteiger partial charge in [0.15, 0.2) is 0 Å². The van der Waals surface area contributed by atoms with Gasteiger partial charge in [-0.1, -0.05) is 11.8 Å². The molecule has 0 atom stereocenters. The highest BCUT2D eigenvalue weighted by Crippen LogP contribution is 2.02. The Morgan fingerprint density at radius 2 is 1.86 bits per heavy atom. The van der Waals surface area contributed by atoms with E-state index in [0.29, 0.717) is 0 Å². The molecule has 0 radical (unpaired) electrons. The van der Waals surface area contributed by atoms with Crippen molar-refractivity contribution in [2.45, 2.75) is 20.0 Å². The maximum atomic E-state index is 12.4. The minimum absolute atomic E-state index is 1.66. The zero-order chi connectivity index (χ0) is 5.91. The number of hydrogen-bond acceptors (Lipinski definition) is 0. The van der Waals surface area contributed by atoms with Crippen molar-refractivity contribution in [2.75, 3.05) is 0 Å². The molecule has 0 nitrogen and oxygen atoms in total. The minimum Gasteiger partial charge on any atom is -0.309 e. The highest BCUT2D eigenvalue weighted by molar-refractivity contribution is 6.75. The van der Waals surface area contributed by atoms with Crippen LogP contribution in [0.2, 0.25) is 13.1 Å². The SMILES string of the molecule is C/C=C\[Si](C)(C)F. The number of halogens is 1. The molecular formula is C5H11FSi. The topological polar surface area (TPSA) is 0 Å². The second kappa shape index (κ2) is 2.26. The third-order valence-corrected chi connectivity index (χ3v) is 1.69. The van der Waals surface area contributed by atoms with Crippen molar-refractivity contribution >= 4 is 8.41 Å². The molecule has 0 bridgehead atoms. The molecule has 0 spiro atoms. The lowest BCUT2D eigenvalue weighted by atomic mass is 10.8. The standard InChI is InChI=1S/C5H11FSi/c1-4-5-7(2,3)6/h4-5H,1-3H3/b5-4-. The third-order valence-electron chi connectivity index (χ3n) is 0.563. The van der Waals surface area contributed by atoms with Gasteiger partial charge >= 0.3 is 0 Å². The first-order valence-corrected chi connectivity index (χ1v) is 5.34. The fourth-order valence-corrected chi connectivity index (χ4v) is 1.19. The average Bonchev–Trinajstić information content (AvgIpc) is 1.30. The van der Waals surface area contributed by atoms with Crippen molar-refractivity contribution in [1.82, 2.24) is 0 Å². The summed E-state index contributed by atoms with van der Waals surface area (Å²) >= 11 is 0. The first kappa shape index (κ1) is 6.89. The van der Waals surface area contributed by atoms with Crippen LogP contribution in [-0.4, -0.2) is 8.41 Å². The quantitative estimate of drug-likeness (QED) is 0.366. The van der Waals surface area contributed by atoms with Crippen LogP contribution in [0.25, 0.3) is 0 Å². The van der Waals surface area contributed by atoms with Crippen LogP contribution in [0, 0.1) is 0 Å². The Hall–Kier alpha value is -0.113. The minimum atomic E-state index is -2.34. The molecule has 0 aromatic carbocycles. The molecule has 0 amide bonds. The molecule has 2 heteroatoms. The lowest BCUT2D eigenvalue weighted by Gasteiger charge is -1.99. The van der Waals surface area contributed by atoms with E-state index in [9.17, 15) is 4.11 Å². The summed E-state index contributed by atoms with van der Waals surface area (Å²) in [6, 6.07) is 0. The molecule has 0 aromatic rings. The lowest BCUT2D eigenvalue weighted by Crippen LogP contribution is -2.12. The van der Waals surface area contributed by atoms with Crippen LogP contribution < -0.4 is 0 Å². The Morgan fingerprint density at radius 1 is 1.43 bits per heavy atom. The summed E-state index contributed by atoms with van der Waals surface area (Å²) < 4.78 is 12.4. The largest absolute Gasteiger partial charge is 0.309 e. The Morgan fingerprint density at radius 3 is 1.86 bits per heavy atom. The van der Waals surface area contributed by atoms with Gasteiger partial charge in [0, 0.05) is 0 Å². The molecule has 0 heterocycles. The normalized spacial score (nSPS) is 13.1. The van der Waals surface area contributed by atoms with E-state index in [2.05, 4.69) is 0 Å². The van der Waals surface area contributed by atoms with Crippen LogP contribution in [0.15, 0.2) is 11.8 Å². The molecule has 0 unspecified atom stereocenters. The maximum Gasteiger partial charge on any atom is 0.264 e. The van der Waals surface area contributed by atoms with E-state index in [1.807, 2.05) is 6.92 Å². The highest BCUT2D eigenvalue weighted by Gasteiger charge is 2.13. The number of hydrogen-bond donors (Lipinski definition) is 0. The van der Waals surface area contributed by atoms with E-state index in [1.54, 1.807) is 24.9 Å². The van der Waals surface area contributed by atoms with Gasteiger partial charge in [-0.25, -0.2) is 0 Å². The smallest absolute Gasteiger partial charge is 0.264 e. The summed E-state index contributed by atoms with van der Waals surface area (Å²) in [5, 5.41) is 0. The van der Waals surface area contributed by atoms with Gasteiger partial charge in [0.1, 0.15) is 0 Å². The van der Waals surface area contributed by atoms with E-state index in [1.165, 1.54) is 0 Å². The molecule has 42 valence electrons. The van der Waals surface area contributed by atoms with Crippen LogP contribution in [0.3, 0.4) is 0 Å². The van der Waals surface area contributed by atoms with Gasteiger partial charge in [-0.05, 0) is 20.0 Å². The van der Waals surface area contributed by atoms with Crippen LogP contribution in [0.4, 0.5) is 4.11 Å². The Labute approximate surface area is 45.2 Å². The van der Waals surface area contributed by atoms with Gasteiger partial charge in [0.25, 0.3) is 8.41 Å². The number of rotatable bonds is 1. The van der Waals surface area contributed by atoms with Gasteiger partial charge in [0.2, 0.25) is 0 Å². The van der Waals surface area contributed by atoms with Gasteiger partial charge in [-0.2, -0.15) is 0 Å². The molecular weight excluding hydrogens is 107 g/mol. The van der Waals surface area contributed by atoms with E-state index in [-0.39, 0.29) is 0 Å². The first-order valence-electron chi connectivity index (χ1n) is 2.39. The zero-order valence-electron chi connectivity index (χ0n) is 5.03. The third kappa shape index (κ3) is 5.89. The summed E-state index contributed by atoms with van der Waals surface area (Å²) in [5.74, 6) is 0. The average molecular weight is 118 g/mol. The Kier molecular flexibility index (Phi) is 2.22. The van der Waals surface area contributed by atoms with Gasteiger partial charge in [-0.3, -0.25) is 0 Å². The number of allylic oxidation sites excluding steroid dienone is 1.